The third kappa shape index (κ3) is 3.92. The first kappa shape index (κ1) is 22.5. The zero-order valence-electron chi connectivity index (χ0n) is 19.5. The average Bonchev–Trinajstić information content (AvgIpc) is 2.83. The molecule has 1 saturated carbocycles. The Morgan fingerprint density at radius 2 is 1.19 bits per heavy atom. The highest BCUT2D eigenvalue weighted by Gasteiger charge is 2.49. The van der Waals surface area contributed by atoms with Gasteiger partial charge in [0.1, 0.15) is 5.78 Å². The SMILES string of the molecule is CCC1C[C@@H]2C(=O)[C@H](C1)[C@@H](c1ccc(OC)c(OC)c1)N[C@H]2c1ccc(OC)c(OC)c1. The molecule has 0 aromatic heterocycles. The number of fused-ring (bicyclic) bond motifs is 2. The van der Waals surface area contributed by atoms with E-state index in [0.29, 0.717) is 34.7 Å². The molecular weight excluding hydrogens is 406 g/mol. The van der Waals surface area contributed by atoms with Gasteiger partial charge < -0.3 is 24.3 Å². The van der Waals surface area contributed by atoms with E-state index in [1.54, 1.807) is 28.4 Å². The summed E-state index contributed by atoms with van der Waals surface area (Å²) in [4.78, 5) is 13.6. The maximum Gasteiger partial charge on any atom is 0.161 e. The van der Waals surface area contributed by atoms with Crippen LogP contribution in [0.1, 0.15) is 49.4 Å². The second-order valence-electron chi connectivity index (χ2n) is 8.71. The van der Waals surface area contributed by atoms with Gasteiger partial charge in [-0.2, -0.15) is 0 Å². The third-order valence-corrected chi connectivity index (χ3v) is 7.18. The molecule has 1 saturated heterocycles. The van der Waals surface area contributed by atoms with Crippen molar-refractivity contribution in [2.75, 3.05) is 28.4 Å². The number of Topliss-reactive ketones (excluding diaryl/α,β-unsaturated/α-hetero) is 1. The van der Waals surface area contributed by atoms with E-state index in [4.69, 9.17) is 18.9 Å². The molecule has 2 aromatic rings. The molecule has 1 N–H and O–H groups in total. The molecule has 0 amide bonds. The van der Waals surface area contributed by atoms with Crippen LogP contribution in [0.5, 0.6) is 23.0 Å². The maximum atomic E-state index is 13.6. The number of benzene rings is 2. The van der Waals surface area contributed by atoms with E-state index in [2.05, 4.69) is 12.2 Å². The Bertz CT molecular complexity index is 901. The van der Waals surface area contributed by atoms with E-state index < -0.39 is 0 Å². The fourth-order valence-corrected chi connectivity index (χ4v) is 5.43. The molecule has 32 heavy (non-hydrogen) atoms. The number of methoxy groups -OCH3 is 4. The second-order valence-corrected chi connectivity index (χ2v) is 8.71. The molecule has 2 fully saturated rings. The highest BCUT2D eigenvalue weighted by atomic mass is 16.5. The summed E-state index contributed by atoms with van der Waals surface area (Å²) in [6.07, 6.45) is 2.91. The Hall–Kier alpha value is -2.73. The molecule has 1 aliphatic carbocycles. The van der Waals surface area contributed by atoms with Crippen molar-refractivity contribution in [3.63, 3.8) is 0 Å². The van der Waals surface area contributed by atoms with Gasteiger partial charge in [-0.15, -0.1) is 0 Å². The molecule has 0 radical (unpaired) electrons. The van der Waals surface area contributed by atoms with Crippen molar-refractivity contribution < 1.29 is 23.7 Å². The molecule has 4 rings (SSSR count). The van der Waals surface area contributed by atoms with Gasteiger partial charge in [-0.05, 0) is 54.2 Å². The monoisotopic (exact) mass is 439 g/mol. The van der Waals surface area contributed by atoms with Crippen LogP contribution in [-0.4, -0.2) is 34.2 Å². The maximum absolute atomic E-state index is 13.6. The highest BCUT2D eigenvalue weighted by Crippen LogP contribution is 2.49. The van der Waals surface area contributed by atoms with Crippen molar-refractivity contribution in [2.45, 2.75) is 38.3 Å². The van der Waals surface area contributed by atoms with E-state index in [-0.39, 0.29) is 23.9 Å². The summed E-state index contributed by atoms with van der Waals surface area (Å²) in [7, 11) is 6.53. The van der Waals surface area contributed by atoms with Crippen LogP contribution in [-0.2, 0) is 4.79 Å². The summed E-state index contributed by atoms with van der Waals surface area (Å²) in [6, 6.07) is 11.7. The normalized spacial score (nSPS) is 27.0. The molecule has 172 valence electrons. The molecular formula is C26H33NO5. The number of nitrogens with one attached hydrogen (secondary N) is 1. The van der Waals surface area contributed by atoms with Gasteiger partial charge in [0, 0.05) is 23.9 Å². The highest BCUT2D eigenvalue weighted by molar-refractivity contribution is 5.87. The van der Waals surface area contributed by atoms with Crippen molar-refractivity contribution in [3.05, 3.63) is 47.5 Å². The van der Waals surface area contributed by atoms with Crippen LogP contribution in [0.15, 0.2) is 36.4 Å². The van der Waals surface area contributed by atoms with E-state index in [1.807, 2.05) is 36.4 Å². The number of ketones is 1. The molecule has 6 heteroatoms. The van der Waals surface area contributed by atoms with Gasteiger partial charge in [-0.1, -0.05) is 25.5 Å². The lowest BCUT2D eigenvalue weighted by Crippen LogP contribution is -2.52. The van der Waals surface area contributed by atoms with Gasteiger partial charge in [0.25, 0.3) is 0 Å². The van der Waals surface area contributed by atoms with Crippen molar-refractivity contribution >= 4 is 5.78 Å². The topological polar surface area (TPSA) is 66.0 Å². The fraction of sp³-hybridized carbons (Fsp3) is 0.500. The first-order valence-corrected chi connectivity index (χ1v) is 11.3. The minimum Gasteiger partial charge on any atom is -0.493 e. The average molecular weight is 440 g/mol. The summed E-state index contributed by atoms with van der Waals surface area (Å²) in [5.74, 6) is 3.51. The summed E-state index contributed by atoms with van der Waals surface area (Å²) in [5.41, 5.74) is 2.09. The number of hydrogen-bond donors (Lipinski definition) is 1. The molecule has 2 bridgehead atoms. The zero-order chi connectivity index (χ0) is 22.8. The number of ether oxygens (including phenoxy) is 4. The lowest BCUT2D eigenvalue weighted by Gasteiger charge is -2.47. The van der Waals surface area contributed by atoms with Crippen LogP contribution in [0.25, 0.3) is 0 Å². The number of carbonyl (C=O) groups is 1. The largest absolute Gasteiger partial charge is 0.493 e. The van der Waals surface area contributed by atoms with E-state index in [0.717, 1.165) is 30.4 Å². The van der Waals surface area contributed by atoms with Crippen LogP contribution < -0.4 is 24.3 Å². The Morgan fingerprint density at radius 3 is 1.56 bits per heavy atom. The van der Waals surface area contributed by atoms with Crippen molar-refractivity contribution in [1.82, 2.24) is 5.32 Å². The van der Waals surface area contributed by atoms with E-state index in [9.17, 15) is 4.79 Å². The van der Waals surface area contributed by atoms with Gasteiger partial charge in [0.15, 0.2) is 23.0 Å². The third-order valence-electron chi connectivity index (χ3n) is 7.18. The Morgan fingerprint density at radius 1 is 0.750 bits per heavy atom. The number of rotatable bonds is 7. The minimum atomic E-state index is -0.0917. The summed E-state index contributed by atoms with van der Waals surface area (Å²) in [5, 5.41) is 3.83. The van der Waals surface area contributed by atoms with Crippen LogP contribution in [0.2, 0.25) is 0 Å². The van der Waals surface area contributed by atoms with E-state index in [1.165, 1.54) is 0 Å². The fourth-order valence-electron chi connectivity index (χ4n) is 5.43. The van der Waals surface area contributed by atoms with Crippen molar-refractivity contribution in [3.8, 4) is 23.0 Å². The zero-order valence-corrected chi connectivity index (χ0v) is 19.5. The second kappa shape index (κ2) is 9.41. The Kier molecular flexibility index (Phi) is 6.60. The molecule has 0 spiro atoms. The summed E-state index contributed by atoms with van der Waals surface area (Å²) >= 11 is 0. The summed E-state index contributed by atoms with van der Waals surface area (Å²) < 4.78 is 21.9. The first-order valence-electron chi connectivity index (χ1n) is 11.3. The molecule has 2 aromatic carbocycles. The lowest BCUT2D eigenvalue weighted by molar-refractivity contribution is -0.137. The molecule has 1 unspecified atom stereocenters. The molecule has 2 aliphatic rings. The minimum absolute atomic E-state index is 0.0480. The number of carbonyl (C=O) groups excluding carboxylic acids is 1. The van der Waals surface area contributed by atoms with Crippen LogP contribution in [0, 0.1) is 17.8 Å². The molecule has 1 heterocycles. The Balaban J connectivity index is 1.76. The molecule has 5 atom stereocenters. The van der Waals surface area contributed by atoms with Crippen LogP contribution in [0.3, 0.4) is 0 Å². The van der Waals surface area contributed by atoms with Gasteiger partial charge in [-0.25, -0.2) is 0 Å². The quantitative estimate of drug-likeness (QED) is 0.673. The molecule has 6 nitrogen and oxygen atoms in total. The number of hydrogen-bond acceptors (Lipinski definition) is 6. The van der Waals surface area contributed by atoms with Crippen molar-refractivity contribution in [2.24, 2.45) is 17.8 Å². The van der Waals surface area contributed by atoms with E-state index >= 15 is 0 Å². The predicted octanol–water partition coefficient (Wildman–Crippen LogP) is 4.73. The summed E-state index contributed by atoms with van der Waals surface area (Å²) in [6.45, 7) is 2.22. The van der Waals surface area contributed by atoms with Crippen molar-refractivity contribution in [1.29, 1.82) is 0 Å². The standard InChI is InChI=1S/C26H33NO5/c1-6-15-11-18-24(16-7-9-20(29-2)22(13-16)31-4)27-25(19(12-15)26(18)28)17-8-10-21(30-3)23(14-17)32-5/h7-10,13-15,18-19,24-25,27H,6,11-12H2,1-5H3/t15?,18-,19+,24-,25+. The van der Waals surface area contributed by atoms with Gasteiger partial charge in [0.2, 0.25) is 0 Å². The smallest absolute Gasteiger partial charge is 0.161 e. The van der Waals surface area contributed by atoms with Crippen LogP contribution >= 0.6 is 0 Å². The first-order chi connectivity index (χ1) is 15.5. The Labute approximate surface area is 190 Å². The number of piperidine rings is 1. The van der Waals surface area contributed by atoms with Gasteiger partial charge in [0.05, 0.1) is 28.4 Å². The van der Waals surface area contributed by atoms with Gasteiger partial charge >= 0.3 is 0 Å². The predicted molar refractivity (Wildman–Crippen MR) is 123 cm³/mol. The molecule has 1 aliphatic heterocycles. The lowest BCUT2D eigenvalue weighted by atomic mass is 9.63. The van der Waals surface area contributed by atoms with Gasteiger partial charge in [-0.3, -0.25) is 4.79 Å². The van der Waals surface area contributed by atoms with Crippen LogP contribution in [0.4, 0.5) is 0 Å².